The van der Waals surface area contributed by atoms with Gasteiger partial charge in [0.05, 0.1) is 5.69 Å². The minimum atomic E-state index is -1.20. The zero-order valence-electron chi connectivity index (χ0n) is 23.5. The molecule has 41 heavy (non-hydrogen) atoms. The highest BCUT2D eigenvalue weighted by Gasteiger charge is 2.31. The summed E-state index contributed by atoms with van der Waals surface area (Å²) in [5.41, 5.74) is 5.10. The van der Waals surface area contributed by atoms with Crippen LogP contribution >= 0.6 is 0 Å². The third-order valence-corrected chi connectivity index (χ3v) is 7.80. The second kappa shape index (κ2) is 11.4. The van der Waals surface area contributed by atoms with Gasteiger partial charge in [-0.3, -0.25) is 14.6 Å². The van der Waals surface area contributed by atoms with E-state index >= 15 is 0 Å². The number of pyridine rings is 1. The molecular weight excluding hydrogens is 516 g/mol. The highest BCUT2D eigenvalue weighted by molar-refractivity contribution is 6.05. The molecule has 2 heterocycles. The average Bonchev–Trinajstić information content (AvgIpc) is 3.59. The SMILES string of the molecule is Cn1c(-c2ccncc2)c(C2CCCC2)c2ccc(C(=O)NC(C)(C)C(=O)Nc3ccc(/C=C/C(=O)O)cc3)cc21. The summed E-state index contributed by atoms with van der Waals surface area (Å²) < 4.78 is 2.17. The molecule has 2 amide bonds. The van der Waals surface area contributed by atoms with Gasteiger partial charge in [0.2, 0.25) is 5.91 Å². The van der Waals surface area contributed by atoms with E-state index in [1.54, 1.807) is 38.1 Å². The zero-order valence-corrected chi connectivity index (χ0v) is 23.5. The summed E-state index contributed by atoms with van der Waals surface area (Å²) in [5, 5.41) is 15.6. The van der Waals surface area contributed by atoms with E-state index in [0.717, 1.165) is 41.1 Å². The molecule has 8 nitrogen and oxygen atoms in total. The maximum atomic E-state index is 13.4. The van der Waals surface area contributed by atoms with Crippen molar-refractivity contribution >= 4 is 40.4 Å². The Morgan fingerprint density at radius 1 is 1.00 bits per heavy atom. The second-order valence-corrected chi connectivity index (χ2v) is 11.1. The molecule has 0 atom stereocenters. The molecule has 0 spiro atoms. The summed E-state index contributed by atoms with van der Waals surface area (Å²) in [4.78, 5) is 41.4. The first-order chi connectivity index (χ1) is 19.6. The Morgan fingerprint density at radius 2 is 1.68 bits per heavy atom. The number of carboxylic acid groups (broad SMARTS) is 1. The van der Waals surface area contributed by atoms with Gasteiger partial charge < -0.3 is 20.3 Å². The third kappa shape index (κ3) is 5.91. The Kier molecular flexibility index (Phi) is 7.75. The maximum absolute atomic E-state index is 13.4. The molecule has 0 bridgehead atoms. The Balaban J connectivity index is 1.37. The van der Waals surface area contributed by atoms with Crippen molar-refractivity contribution in [3.63, 3.8) is 0 Å². The number of rotatable bonds is 8. The lowest BCUT2D eigenvalue weighted by molar-refractivity contribution is -0.131. The molecule has 2 aromatic heterocycles. The Labute approximate surface area is 239 Å². The highest BCUT2D eigenvalue weighted by atomic mass is 16.4. The fourth-order valence-electron chi connectivity index (χ4n) is 5.64. The molecule has 0 radical (unpaired) electrons. The van der Waals surface area contributed by atoms with Gasteiger partial charge in [-0.25, -0.2) is 4.79 Å². The lowest BCUT2D eigenvalue weighted by Gasteiger charge is -2.25. The molecule has 4 aromatic rings. The average molecular weight is 551 g/mol. The van der Waals surface area contributed by atoms with Crippen LogP contribution in [0.1, 0.15) is 66.9 Å². The summed E-state index contributed by atoms with van der Waals surface area (Å²) in [7, 11) is 2.04. The van der Waals surface area contributed by atoms with Crippen LogP contribution in [0, 0.1) is 0 Å². The van der Waals surface area contributed by atoms with Gasteiger partial charge in [-0.1, -0.05) is 31.0 Å². The van der Waals surface area contributed by atoms with Gasteiger partial charge in [0, 0.05) is 53.2 Å². The van der Waals surface area contributed by atoms with E-state index in [9.17, 15) is 14.4 Å². The monoisotopic (exact) mass is 550 g/mol. The number of carbonyl (C=O) groups is 3. The van der Waals surface area contributed by atoms with E-state index in [1.807, 2.05) is 49.8 Å². The topological polar surface area (TPSA) is 113 Å². The molecule has 3 N–H and O–H groups in total. The van der Waals surface area contributed by atoms with Crippen LogP contribution in [-0.2, 0) is 16.6 Å². The number of benzene rings is 2. The van der Waals surface area contributed by atoms with Crippen LogP contribution in [0.4, 0.5) is 5.69 Å². The van der Waals surface area contributed by atoms with Crippen molar-refractivity contribution in [3.05, 3.63) is 89.8 Å². The van der Waals surface area contributed by atoms with E-state index in [-0.39, 0.29) is 11.8 Å². The lowest BCUT2D eigenvalue weighted by Crippen LogP contribution is -2.52. The van der Waals surface area contributed by atoms with Gasteiger partial charge in [-0.2, -0.15) is 0 Å². The number of nitrogens with zero attached hydrogens (tertiary/aromatic N) is 2. The summed E-state index contributed by atoms with van der Waals surface area (Å²) >= 11 is 0. The Hall–Kier alpha value is -4.72. The van der Waals surface area contributed by atoms with E-state index in [1.165, 1.54) is 24.5 Å². The number of hydrogen-bond donors (Lipinski definition) is 3. The normalized spacial score (nSPS) is 14.0. The van der Waals surface area contributed by atoms with Crippen molar-refractivity contribution in [2.24, 2.45) is 7.05 Å². The van der Waals surface area contributed by atoms with Gasteiger partial charge in [-0.05, 0) is 86.2 Å². The van der Waals surface area contributed by atoms with E-state index in [2.05, 4.69) is 20.2 Å². The van der Waals surface area contributed by atoms with Crippen LogP contribution in [0.25, 0.3) is 28.2 Å². The molecule has 210 valence electrons. The van der Waals surface area contributed by atoms with Crippen molar-refractivity contribution in [1.82, 2.24) is 14.9 Å². The Morgan fingerprint density at radius 3 is 2.34 bits per heavy atom. The van der Waals surface area contributed by atoms with Crippen LogP contribution in [0.5, 0.6) is 0 Å². The van der Waals surface area contributed by atoms with Crippen molar-refractivity contribution in [3.8, 4) is 11.3 Å². The van der Waals surface area contributed by atoms with Crippen LogP contribution in [0.15, 0.2) is 73.1 Å². The number of carbonyl (C=O) groups excluding carboxylic acids is 2. The molecule has 1 aliphatic rings. The first kappa shape index (κ1) is 27.8. The molecule has 0 unspecified atom stereocenters. The van der Waals surface area contributed by atoms with E-state index in [0.29, 0.717) is 22.7 Å². The predicted molar refractivity (Wildman–Crippen MR) is 161 cm³/mol. The fraction of sp³-hybridized carbons (Fsp3) is 0.273. The molecule has 0 saturated heterocycles. The standard InChI is InChI=1S/C33H34N4O4/c1-33(2,32(41)35-25-12-8-21(9-13-25)10-15-28(38)39)36-31(40)24-11-14-26-27(20-24)37(3)30(23-16-18-34-19-17-23)29(26)22-6-4-5-7-22/h8-20,22H,4-7H2,1-3H3,(H,35,41)(H,36,40)(H,38,39)/b15-10+. The number of hydrogen-bond acceptors (Lipinski definition) is 4. The van der Waals surface area contributed by atoms with Gasteiger partial charge >= 0.3 is 5.97 Å². The second-order valence-electron chi connectivity index (χ2n) is 11.1. The first-order valence-corrected chi connectivity index (χ1v) is 13.8. The van der Waals surface area contributed by atoms with Gasteiger partial charge in [0.15, 0.2) is 0 Å². The zero-order chi connectivity index (χ0) is 29.1. The number of nitrogens with one attached hydrogen (secondary N) is 2. The first-order valence-electron chi connectivity index (χ1n) is 13.8. The van der Waals surface area contributed by atoms with Crippen molar-refractivity contribution in [2.45, 2.75) is 51.0 Å². The van der Waals surface area contributed by atoms with Crippen molar-refractivity contribution in [1.29, 1.82) is 0 Å². The number of aryl methyl sites for hydroxylation is 1. The fourth-order valence-corrected chi connectivity index (χ4v) is 5.64. The number of aliphatic carboxylic acids is 1. The number of anilines is 1. The quantitative estimate of drug-likeness (QED) is 0.228. The van der Waals surface area contributed by atoms with Crippen LogP contribution in [0.2, 0.25) is 0 Å². The molecular formula is C33H34N4O4. The number of carboxylic acids is 1. The van der Waals surface area contributed by atoms with Crippen LogP contribution in [-0.4, -0.2) is 38.0 Å². The lowest BCUT2D eigenvalue weighted by atomic mass is 9.92. The highest BCUT2D eigenvalue weighted by Crippen LogP contribution is 2.44. The third-order valence-electron chi connectivity index (χ3n) is 7.80. The molecule has 1 aliphatic carbocycles. The predicted octanol–water partition coefficient (Wildman–Crippen LogP) is 6.14. The van der Waals surface area contributed by atoms with Crippen molar-refractivity contribution in [2.75, 3.05) is 5.32 Å². The van der Waals surface area contributed by atoms with E-state index in [4.69, 9.17) is 5.11 Å². The van der Waals surface area contributed by atoms with Crippen LogP contribution < -0.4 is 10.6 Å². The Bertz CT molecular complexity index is 1630. The van der Waals surface area contributed by atoms with E-state index < -0.39 is 11.5 Å². The minimum Gasteiger partial charge on any atom is -0.478 e. The molecule has 8 heteroatoms. The largest absolute Gasteiger partial charge is 0.478 e. The summed E-state index contributed by atoms with van der Waals surface area (Å²) in [6.07, 6.45) is 10.9. The molecule has 0 aliphatic heterocycles. The maximum Gasteiger partial charge on any atom is 0.328 e. The molecule has 2 aromatic carbocycles. The number of amides is 2. The smallest absolute Gasteiger partial charge is 0.328 e. The molecule has 5 rings (SSSR count). The summed E-state index contributed by atoms with van der Waals surface area (Å²) in [6, 6.07) is 16.6. The van der Waals surface area contributed by atoms with Crippen molar-refractivity contribution < 1.29 is 19.5 Å². The molecule has 1 fully saturated rings. The number of aromatic nitrogens is 2. The number of fused-ring (bicyclic) bond motifs is 1. The summed E-state index contributed by atoms with van der Waals surface area (Å²) in [5.74, 6) is -1.26. The van der Waals surface area contributed by atoms with Gasteiger partial charge in [-0.15, -0.1) is 0 Å². The summed E-state index contributed by atoms with van der Waals surface area (Å²) in [6.45, 7) is 3.32. The minimum absolute atomic E-state index is 0.338. The van der Waals surface area contributed by atoms with Crippen LogP contribution in [0.3, 0.4) is 0 Å². The molecule has 1 saturated carbocycles. The van der Waals surface area contributed by atoms with Gasteiger partial charge in [0.1, 0.15) is 5.54 Å². The van der Waals surface area contributed by atoms with Gasteiger partial charge in [0.25, 0.3) is 5.91 Å².